The highest BCUT2D eigenvalue weighted by Crippen LogP contribution is 2.25. The summed E-state index contributed by atoms with van der Waals surface area (Å²) in [4.78, 5) is 43.9. The van der Waals surface area contributed by atoms with E-state index in [0.717, 1.165) is 6.42 Å². The maximum Gasteiger partial charge on any atom is 0.264 e. The quantitative estimate of drug-likeness (QED) is 0.604. The van der Waals surface area contributed by atoms with Crippen LogP contribution in [0.3, 0.4) is 0 Å². The third-order valence-corrected chi connectivity index (χ3v) is 6.53. The number of hydrogen-bond acceptors (Lipinski definition) is 5. The van der Waals surface area contributed by atoms with E-state index in [4.69, 9.17) is 23.2 Å². The number of piperazine rings is 1. The van der Waals surface area contributed by atoms with Gasteiger partial charge in [-0.2, -0.15) is 0 Å². The second-order valence-corrected chi connectivity index (χ2v) is 9.32. The molecule has 2 heterocycles. The molecule has 1 fully saturated rings. The van der Waals surface area contributed by atoms with Gasteiger partial charge in [-0.25, -0.2) is 0 Å². The molecule has 1 saturated heterocycles. The molecular formula is C22H26Cl2N4O3S. The van der Waals surface area contributed by atoms with Crippen LogP contribution >= 0.6 is 34.5 Å². The summed E-state index contributed by atoms with van der Waals surface area (Å²) in [7, 11) is 0. The minimum Gasteiger partial charge on any atom is -0.338 e. The first kappa shape index (κ1) is 24.5. The normalized spacial score (nSPS) is 14.0. The third-order valence-electron chi connectivity index (χ3n) is 5.12. The van der Waals surface area contributed by atoms with Crippen molar-refractivity contribution in [2.45, 2.75) is 13.3 Å². The Bertz CT molecular complexity index is 947. The van der Waals surface area contributed by atoms with Crippen molar-refractivity contribution in [1.29, 1.82) is 0 Å². The number of thiophene rings is 1. The van der Waals surface area contributed by atoms with E-state index in [9.17, 15) is 14.4 Å². The van der Waals surface area contributed by atoms with E-state index in [1.54, 1.807) is 28.0 Å². The van der Waals surface area contributed by atoms with Gasteiger partial charge in [0, 0.05) is 31.2 Å². The summed E-state index contributed by atoms with van der Waals surface area (Å²) < 4.78 is 0. The first-order valence-corrected chi connectivity index (χ1v) is 12.1. The number of nitrogens with one attached hydrogen (secondary N) is 1. The van der Waals surface area contributed by atoms with Gasteiger partial charge in [0.15, 0.2) is 0 Å². The van der Waals surface area contributed by atoms with Crippen molar-refractivity contribution >= 4 is 57.9 Å². The van der Waals surface area contributed by atoms with Crippen LogP contribution in [0.25, 0.3) is 0 Å². The molecule has 1 aromatic heterocycles. The third kappa shape index (κ3) is 6.68. The van der Waals surface area contributed by atoms with E-state index in [-0.39, 0.29) is 30.8 Å². The fourth-order valence-electron chi connectivity index (χ4n) is 3.52. The van der Waals surface area contributed by atoms with Crippen molar-refractivity contribution in [2.75, 3.05) is 51.1 Å². The van der Waals surface area contributed by atoms with Crippen LogP contribution in [0, 0.1) is 0 Å². The van der Waals surface area contributed by atoms with E-state index in [2.05, 4.69) is 5.32 Å². The standard InChI is InChI=1S/C22H26Cl2N4O3S/c1-2-7-26(14-20(29)25-18-6-5-16(23)13-17(18)24)15-21(30)27-8-10-28(11-9-27)22(31)19-4-3-12-32-19/h3-6,12-13H,2,7-11,14-15H2,1H3,(H,25,29). The van der Waals surface area contributed by atoms with Crippen LogP contribution in [0.1, 0.15) is 23.0 Å². The summed E-state index contributed by atoms with van der Waals surface area (Å²) in [6, 6.07) is 8.54. The van der Waals surface area contributed by atoms with Gasteiger partial charge in [-0.1, -0.05) is 36.2 Å². The molecule has 32 heavy (non-hydrogen) atoms. The van der Waals surface area contributed by atoms with Crippen LogP contribution in [-0.4, -0.2) is 78.2 Å². The van der Waals surface area contributed by atoms with Crippen LogP contribution in [0.4, 0.5) is 5.69 Å². The molecule has 0 bridgehead atoms. The van der Waals surface area contributed by atoms with Gasteiger partial charge in [-0.3, -0.25) is 19.3 Å². The zero-order chi connectivity index (χ0) is 23.1. The Morgan fingerprint density at radius 2 is 1.78 bits per heavy atom. The van der Waals surface area contributed by atoms with Gasteiger partial charge in [0.2, 0.25) is 11.8 Å². The molecule has 2 aromatic rings. The minimum atomic E-state index is -0.248. The predicted molar refractivity (Wildman–Crippen MR) is 129 cm³/mol. The van der Waals surface area contributed by atoms with Crippen molar-refractivity contribution in [1.82, 2.24) is 14.7 Å². The predicted octanol–water partition coefficient (Wildman–Crippen LogP) is 3.69. The number of hydrogen-bond donors (Lipinski definition) is 1. The molecule has 3 rings (SSSR count). The molecular weight excluding hydrogens is 471 g/mol. The van der Waals surface area contributed by atoms with Crippen LogP contribution in [0.2, 0.25) is 10.0 Å². The summed E-state index contributed by atoms with van der Waals surface area (Å²) in [6.45, 7) is 4.83. The number of rotatable bonds is 8. The molecule has 3 amide bonds. The zero-order valence-corrected chi connectivity index (χ0v) is 20.2. The highest BCUT2D eigenvalue weighted by Gasteiger charge is 2.26. The van der Waals surface area contributed by atoms with Crippen molar-refractivity contribution < 1.29 is 14.4 Å². The van der Waals surface area contributed by atoms with E-state index in [1.165, 1.54) is 11.3 Å². The zero-order valence-electron chi connectivity index (χ0n) is 17.9. The Morgan fingerprint density at radius 1 is 1.06 bits per heavy atom. The fourth-order valence-corrected chi connectivity index (χ4v) is 4.67. The maximum atomic E-state index is 12.8. The maximum absolute atomic E-state index is 12.8. The first-order chi connectivity index (χ1) is 15.4. The Morgan fingerprint density at radius 3 is 2.41 bits per heavy atom. The largest absolute Gasteiger partial charge is 0.338 e. The van der Waals surface area contributed by atoms with Crippen LogP contribution in [0.15, 0.2) is 35.7 Å². The molecule has 0 unspecified atom stereocenters. The summed E-state index contributed by atoms with van der Waals surface area (Å²) in [5, 5.41) is 5.50. The lowest BCUT2D eigenvalue weighted by Gasteiger charge is -2.35. The molecule has 0 aliphatic carbocycles. The highest BCUT2D eigenvalue weighted by atomic mass is 35.5. The molecule has 172 valence electrons. The lowest BCUT2D eigenvalue weighted by Crippen LogP contribution is -2.53. The first-order valence-electron chi connectivity index (χ1n) is 10.4. The molecule has 1 aliphatic rings. The monoisotopic (exact) mass is 496 g/mol. The second-order valence-electron chi connectivity index (χ2n) is 7.53. The van der Waals surface area contributed by atoms with Gasteiger partial charge < -0.3 is 15.1 Å². The van der Waals surface area contributed by atoms with Crippen molar-refractivity contribution in [3.8, 4) is 0 Å². The Kier molecular flexibility index (Phi) is 8.92. The van der Waals surface area contributed by atoms with Crippen LogP contribution in [-0.2, 0) is 9.59 Å². The van der Waals surface area contributed by atoms with Gasteiger partial charge in [-0.05, 0) is 42.6 Å². The summed E-state index contributed by atoms with van der Waals surface area (Å²) in [5.74, 6) is -0.280. The average molecular weight is 497 g/mol. The van der Waals surface area contributed by atoms with E-state index < -0.39 is 0 Å². The average Bonchev–Trinajstić information content (AvgIpc) is 3.30. The van der Waals surface area contributed by atoms with Crippen molar-refractivity contribution in [2.24, 2.45) is 0 Å². The molecule has 0 saturated carbocycles. The Labute approximate surface area is 201 Å². The molecule has 0 atom stereocenters. The van der Waals surface area contributed by atoms with Gasteiger partial charge in [0.25, 0.3) is 5.91 Å². The molecule has 1 aromatic carbocycles. The van der Waals surface area contributed by atoms with Gasteiger partial charge in [-0.15, -0.1) is 11.3 Å². The van der Waals surface area contributed by atoms with Crippen LogP contribution < -0.4 is 5.32 Å². The van der Waals surface area contributed by atoms with E-state index >= 15 is 0 Å². The van der Waals surface area contributed by atoms with Crippen LogP contribution in [0.5, 0.6) is 0 Å². The number of anilines is 1. The number of nitrogens with zero attached hydrogens (tertiary/aromatic N) is 3. The van der Waals surface area contributed by atoms with Gasteiger partial charge in [0.1, 0.15) is 0 Å². The molecule has 0 radical (unpaired) electrons. The van der Waals surface area contributed by atoms with Gasteiger partial charge >= 0.3 is 0 Å². The number of carbonyl (C=O) groups is 3. The minimum absolute atomic E-state index is 0.0113. The Balaban J connectivity index is 1.50. The topological polar surface area (TPSA) is 73.0 Å². The fraction of sp³-hybridized carbons (Fsp3) is 0.409. The molecule has 1 N–H and O–H groups in total. The smallest absolute Gasteiger partial charge is 0.264 e. The van der Waals surface area contributed by atoms with Crippen molar-refractivity contribution in [3.63, 3.8) is 0 Å². The van der Waals surface area contributed by atoms with Gasteiger partial charge in [0.05, 0.1) is 28.7 Å². The molecule has 7 nitrogen and oxygen atoms in total. The van der Waals surface area contributed by atoms with E-state index in [0.29, 0.717) is 53.3 Å². The van der Waals surface area contributed by atoms with E-state index in [1.807, 2.05) is 29.3 Å². The second kappa shape index (κ2) is 11.7. The Hall–Kier alpha value is -2.13. The van der Waals surface area contributed by atoms with Crippen molar-refractivity contribution in [3.05, 3.63) is 50.6 Å². The number of benzene rings is 1. The molecule has 0 spiro atoms. The highest BCUT2D eigenvalue weighted by molar-refractivity contribution is 7.12. The number of amides is 3. The number of carbonyl (C=O) groups excluding carboxylic acids is 3. The molecule has 1 aliphatic heterocycles. The molecule has 10 heteroatoms. The lowest BCUT2D eigenvalue weighted by molar-refractivity contribution is -0.134. The number of halogens is 2. The summed E-state index contributed by atoms with van der Waals surface area (Å²) in [6.07, 6.45) is 0.811. The summed E-state index contributed by atoms with van der Waals surface area (Å²) >= 11 is 13.4. The SMILES string of the molecule is CCCN(CC(=O)Nc1ccc(Cl)cc1Cl)CC(=O)N1CCN(C(=O)c2cccs2)CC1. The summed E-state index contributed by atoms with van der Waals surface area (Å²) in [5.41, 5.74) is 0.482. The lowest BCUT2D eigenvalue weighted by atomic mass is 10.2.